The van der Waals surface area contributed by atoms with Crippen LogP contribution >= 0.6 is 0 Å². The van der Waals surface area contributed by atoms with Crippen LogP contribution in [0.5, 0.6) is 0 Å². The molecule has 0 N–H and O–H groups in total. The van der Waals surface area contributed by atoms with Gasteiger partial charge in [-0.05, 0) is 66.1 Å². The summed E-state index contributed by atoms with van der Waals surface area (Å²) in [5.41, 5.74) is 6.19. The molecule has 1 fully saturated rings. The molecule has 2 aliphatic carbocycles. The molecule has 0 saturated heterocycles. The lowest BCUT2D eigenvalue weighted by Gasteiger charge is -2.63. The van der Waals surface area contributed by atoms with Crippen molar-refractivity contribution in [1.82, 2.24) is 0 Å². The Kier molecular flexibility index (Phi) is 4.53. The molecule has 2 aliphatic rings. The van der Waals surface area contributed by atoms with E-state index in [1.54, 1.807) is 0 Å². The molecule has 0 bridgehead atoms. The number of fused-ring (bicyclic) bond motifs is 3. The minimum atomic E-state index is 0.178. The van der Waals surface area contributed by atoms with Gasteiger partial charge in [0, 0.05) is 5.41 Å². The standard InChI is InChI=1S/C24H34/c1-7-11-20-13-10-12-17(2)23(5)16-18(3)24(23,6)22-15-9-8-14-21(22)19(20)4/h8-9,14-15,18,20H,2,4,7,10-13,16H2,1,3,5-6H3. The minimum Gasteiger partial charge on any atom is -0.0993 e. The van der Waals surface area contributed by atoms with Gasteiger partial charge in [-0.2, -0.15) is 0 Å². The molecular weight excluding hydrogens is 288 g/mol. The smallest absolute Gasteiger partial charge is 0.00475 e. The van der Waals surface area contributed by atoms with Crippen LogP contribution in [0.25, 0.3) is 5.57 Å². The molecule has 0 heteroatoms. The van der Waals surface area contributed by atoms with Crippen molar-refractivity contribution in [3.63, 3.8) is 0 Å². The Morgan fingerprint density at radius 1 is 1.17 bits per heavy atom. The van der Waals surface area contributed by atoms with E-state index in [-0.39, 0.29) is 10.8 Å². The summed E-state index contributed by atoms with van der Waals surface area (Å²) in [5.74, 6) is 1.31. The maximum Gasteiger partial charge on any atom is 0.00475 e. The number of hydrogen-bond acceptors (Lipinski definition) is 0. The van der Waals surface area contributed by atoms with Crippen molar-refractivity contribution in [2.75, 3.05) is 0 Å². The third-order valence-corrected chi connectivity index (χ3v) is 7.62. The highest BCUT2D eigenvalue weighted by Crippen LogP contribution is 2.66. The lowest BCUT2D eigenvalue weighted by Crippen LogP contribution is -2.58. The van der Waals surface area contributed by atoms with Crippen LogP contribution in [0.3, 0.4) is 0 Å². The molecule has 0 amide bonds. The van der Waals surface area contributed by atoms with Gasteiger partial charge in [0.2, 0.25) is 0 Å². The molecule has 0 radical (unpaired) electrons. The molecule has 0 aliphatic heterocycles. The Bertz CT molecular complexity index is 652. The monoisotopic (exact) mass is 322 g/mol. The van der Waals surface area contributed by atoms with Gasteiger partial charge in [-0.15, -0.1) is 0 Å². The first-order chi connectivity index (χ1) is 11.4. The van der Waals surface area contributed by atoms with Crippen LogP contribution in [-0.2, 0) is 5.41 Å². The Morgan fingerprint density at radius 3 is 2.54 bits per heavy atom. The predicted octanol–water partition coefficient (Wildman–Crippen LogP) is 7.16. The quantitative estimate of drug-likeness (QED) is 0.507. The van der Waals surface area contributed by atoms with Gasteiger partial charge in [-0.25, -0.2) is 0 Å². The number of hydrogen-bond donors (Lipinski definition) is 0. The second-order valence-electron chi connectivity index (χ2n) is 8.69. The van der Waals surface area contributed by atoms with E-state index in [0.717, 1.165) is 0 Å². The molecule has 1 aromatic rings. The van der Waals surface area contributed by atoms with E-state index in [1.165, 1.54) is 60.8 Å². The first-order valence-corrected chi connectivity index (χ1v) is 9.83. The lowest BCUT2D eigenvalue weighted by molar-refractivity contribution is -0.0144. The van der Waals surface area contributed by atoms with Crippen molar-refractivity contribution in [2.45, 2.75) is 71.6 Å². The third-order valence-electron chi connectivity index (χ3n) is 7.62. The zero-order valence-electron chi connectivity index (χ0n) is 16.1. The molecule has 1 saturated carbocycles. The topological polar surface area (TPSA) is 0 Å². The zero-order chi connectivity index (χ0) is 17.5. The highest BCUT2D eigenvalue weighted by atomic mass is 14.6. The molecule has 0 aromatic heterocycles. The largest absolute Gasteiger partial charge is 0.0993 e. The molecule has 1 aromatic carbocycles. The fourth-order valence-corrected chi connectivity index (χ4v) is 5.63. The van der Waals surface area contributed by atoms with Gasteiger partial charge in [0.1, 0.15) is 0 Å². The van der Waals surface area contributed by atoms with E-state index in [9.17, 15) is 0 Å². The summed E-state index contributed by atoms with van der Waals surface area (Å²) >= 11 is 0. The highest BCUT2D eigenvalue weighted by molar-refractivity contribution is 5.70. The van der Waals surface area contributed by atoms with E-state index in [4.69, 9.17) is 0 Å². The van der Waals surface area contributed by atoms with E-state index in [1.807, 2.05) is 0 Å². The number of benzene rings is 1. The molecule has 24 heavy (non-hydrogen) atoms. The van der Waals surface area contributed by atoms with Crippen LogP contribution in [0.4, 0.5) is 0 Å². The Balaban J connectivity index is 2.16. The predicted molar refractivity (Wildman–Crippen MR) is 106 cm³/mol. The summed E-state index contributed by atoms with van der Waals surface area (Å²) in [6, 6.07) is 9.09. The molecule has 0 nitrogen and oxygen atoms in total. The SMILES string of the molecule is C=C1c2ccccc2C2(C)C(C)CC2(C)C(=C)CCCC1CCC. The summed E-state index contributed by atoms with van der Waals surface area (Å²) in [6.45, 7) is 18.8. The highest BCUT2D eigenvalue weighted by Gasteiger charge is 2.60. The first kappa shape index (κ1) is 17.5. The molecule has 130 valence electrons. The second-order valence-corrected chi connectivity index (χ2v) is 8.69. The summed E-state index contributed by atoms with van der Waals surface area (Å²) in [4.78, 5) is 0. The fourth-order valence-electron chi connectivity index (χ4n) is 5.63. The van der Waals surface area contributed by atoms with Crippen LogP contribution in [0.1, 0.15) is 77.3 Å². The summed E-state index contributed by atoms with van der Waals surface area (Å²) in [6.07, 6.45) is 7.44. The normalized spacial score (nSPS) is 36.5. The van der Waals surface area contributed by atoms with Gasteiger partial charge in [0.25, 0.3) is 0 Å². The molecule has 3 rings (SSSR count). The molecule has 0 heterocycles. The Morgan fingerprint density at radius 2 is 1.88 bits per heavy atom. The third kappa shape index (κ3) is 2.33. The van der Waals surface area contributed by atoms with Crippen molar-refractivity contribution in [3.05, 3.63) is 54.1 Å². The van der Waals surface area contributed by atoms with Crippen LogP contribution in [0.2, 0.25) is 0 Å². The van der Waals surface area contributed by atoms with Crippen molar-refractivity contribution >= 4 is 5.57 Å². The average Bonchev–Trinajstić information content (AvgIpc) is 2.58. The maximum atomic E-state index is 4.59. The fraction of sp³-hybridized carbons (Fsp3) is 0.583. The Labute approximate surface area is 149 Å². The van der Waals surface area contributed by atoms with Crippen molar-refractivity contribution < 1.29 is 0 Å². The van der Waals surface area contributed by atoms with Gasteiger partial charge in [0.15, 0.2) is 0 Å². The van der Waals surface area contributed by atoms with Crippen molar-refractivity contribution in [3.8, 4) is 0 Å². The van der Waals surface area contributed by atoms with Crippen LogP contribution < -0.4 is 0 Å². The first-order valence-electron chi connectivity index (χ1n) is 9.83. The molecule has 4 atom stereocenters. The molecule has 4 unspecified atom stereocenters. The maximum absolute atomic E-state index is 4.59. The van der Waals surface area contributed by atoms with Gasteiger partial charge >= 0.3 is 0 Å². The van der Waals surface area contributed by atoms with Crippen molar-refractivity contribution in [1.29, 1.82) is 0 Å². The lowest BCUT2D eigenvalue weighted by atomic mass is 9.40. The number of allylic oxidation sites excluding steroid dienone is 2. The van der Waals surface area contributed by atoms with Gasteiger partial charge < -0.3 is 0 Å². The Hall–Kier alpha value is -1.30. The van der Waals surface area contributed by atoms with E-state index in [0.29, 0.717) is 11.8 Å². The van der Waals surface area contributed by atoms with E-state index in [2.05, 4.69) is 65.1 Å². The average molecular weight is 323 g/mol. The van der Waals surface area contributed by atoms with Crippen LogP contribution in [0.15, 0.2) is 43.0 Å². The summed E-state index contributed by atoms with van der Waals surface area (Å²) in [5, 5.41) is 0. The van der Waals surface area contributed by atoms with Crippen molar-refractivity contribution in [2.24, 2.45) is 17.3 Å². The molecular formula is C24H34. The number of rotatable bonds is 2. The second kappa shape index (κ2) is 6.21. The van der Waals surface area contributed by atoms with Crippen LogP contribution in [-0.4, -0.2) is 0 Å². The summed E-state index contributed by atoms with van der Waals surface area (Å²) in [7, 11) is 0. The van der Waals surface area contributed by atoms with E-state index >= 15 is 0 Å². The van der Waals surface area contributed by atoms with E-state index < -0.39 is 0 Å². The minimum absolute atomic E-state index is 0.178. The van der Waals surface area contributed by atoms with Gasteiger partial charge in [0.05, 0.1) is 0 Å². The van der Waals surface area contributed by atoms with Gasteiger partial charge in [-0.3, -0.25) is 0 Å². The van der Waals surface area contributed by atoms with Gasteiger partial charge in [-0.1, -0.05) is 77.1 Å². The molecule has 0 spiro atoms. The summed E-state index contributed by atoms with van der Waals surface area (Å²) < 4.78 is 0. The van der Waals surface area contributed by atoms with Crippen LogP contribution in [0, 0.1) is 17.3 Å². The zero-order valence-corrected chi connectivity index (χ0v) is 16.1.